The quantitative estimate of drug-likeness (QED) is 0.402. The van der Waals surface area contributed by atoms with E-state index < -0.39 is 0 Å². The highest BCUT2D eigenvalue weighted by Gasteiger charge is 2.24. The third-order valence-corrected chi connectivity index (χ3v) is 6.36. The Bertz CT molecular complexity index is 1150. The second-order valence-electron chi connectivity index (χ2n) is 9.23. The molecule has 2 aliphatic rings. The Balaban J connectivity index is 1.35. The highest BCUT2D eigenvalue weighted by Crippen LogP contribution is 2.23. The van der Waals surface area contributed by atoms with E-state index in [-0.39, 0.29) is 11.9 Å². The Kier molecular flexibility index (Phi) is 6.59. The van der Waals surface area contributed by atoms with Gasteiger partial charge in [-0.3, -0.25) is 4.79 Å². The van der Waals surface area contributed by atoms with Crippen LogP contribution < -0.4 is 21.3 Å². The minimum atomic E-state index is -0.0901. The molecule has 34 heavy (non-hydrogen) atoms. The number of carbonyl (C=O) groups excluding carboxylic acids is 1. The summed E-state index contributed by atoms with van der Waals surface area (Å²) >= 11 is 0. The Morgan fingerprint density at radius 1 is 1.24 bits per heavy atom. The van der Waals surface area contributed by atoms with Gasteiger partial charge in [-0.1, -0.05) is 26.0 Å². The van der Waals surface area contributed by atoms with E-state index in [9.17, 15) is 4.79 Å². The van der Waals surface area contributed by atoms with E-state index in [2.05, 4.69) is 40.2 Å². The van der Waals surface area contributed by atoms with Crippen LogP contribution in [0.3, 0.4) is 0 Å². The number of aromatic nitrogens is 4. The minimum absolute atomic E-state index is 0.00968. The van der Waals surface area contributed by atoms with Crippen LogP contribution in [0.1, 0.15) is 50.2 Å². The summed E-state index contributed by atoms with van der Waals surface area (Å²) < 4.78 is 7.24. The number of hydrogen-bond acceptors (Lipinski definition) is 8. The van der Waals surface area contributed by atoms with Crippen molar-refractivity contribution in [3.05, 3.63) is 41.6 Å². The number of hydrogen-bond donors (Lipinski definition) is 4. The molecule has 2 fully saturated rings. The van der Waals surface area contributed by atoms with Gasteiger partial charge in [-0.2, -0.15) is 19.6 Å². The molecule has 10 heteroatoms. The monoisotopic (exact) mass is 464 g/mol. The van der Waals surface area contributed by atoms with Crippen molar-refractivity contribution in [2.75, 3.05) is 35.7 Å². The van der Waals surface area contributed by atoms with Crippen molar-refractivity contribution in [3.63, 3.8) is 0 Å². The molecule has 1 unspecified atom stereocenters. The van der Waals surface area contributed by atoms with Crippen LogP contribution in [0.15, 0.2) is 30.5 Å². The highest BCUT2D eigenvalue weighted by molar-refractivity contribution is 5.95. The van der Waals surface area contributed by atoms with E-state index in [4.69, 9.17) is 14.7 Å². The molecule has 2 aromatic heterocycles. The van der Waals surface area contributed by atoms with Gasteiger partial charge in [0.1, 0.15) is 0 Å². The molecule has 0 bridgehead atoms. The molecule has 2 aliphatic heterocycles. The number of nitrogens with one attached hydrogen (secondary N) is 4. The van der Waals surface area contributed by atoms with Crippen LogP contribution in [-0.4, -0.2) is 57.3 Å². The Morgan fingerprint density at radius 3 is 2.79 bits per heavy atom. The summed E-state index contributed by atoms with van der Waals surface area (Å²) in [7, 11) is 0. The Hall–Kier alpha value is -3.24. The van der Waals surface area contributed by atoms with Gasteiger partial charge in [-0.15, -0.1) is 0 Å². The predicted molar refractivity (Wildman–Crippen MR) is 131 cm³/mol. The number of ether oxygens (including phenoxy) is 1. The summed E-state index contributed by atoms with van der Waals surface area (Å²) in [5, 5.41) is 17.6. The third kappa shape index (κ3) is 4.97. The molecule has 10 nitrogen and oxygen atoms in total. The molecule has 3 aromatic rings. The standard InChI is InChI=1S/C24H32N8O2/c1-15(2)19-14-27-32-21(19)30-23(29-17-7-10-34-11-8-17)31-24(32)26-13-16-4-3-5-18(12-16)28-22(33)20-6-9-25-20/h3-5,12,14-15,17,20,25H,6-11,13H2,1-2H3,(H,28,33)(H2,26,29,30,31). The summed E-state index contributed by atoms with van der Waals surface area (Å²) in [6.45, 7) is 7.20. The molecule has 1 aromatic carbocycles. The van der Waals surface area contributed by atoms with E-state index in [1.165, 1.54) is 0 Å². The molecule has 0 saturated carbocycles. The fraction of sp³-hybridized carbons (Fsp3) is 0.500. The zero-order valence-corrected chi connectivity index (χ0v) is 19.7. The maximum absolute atomic E-state index is 12.3. The number of amides is 1. The van der Waals surface area contributed by atoms with Gasteiger partial charge in [-0.25, -0.2) is 0 Å². The summed E-state index contributed by atoms with van der Waals surface area (Å²) in [5.41, 5.74) is 3.70. The molecule has 2 saturated heterocycles. The van der Waals surface area contributed by atoms with E-state index in [1.54, 1.807) is 4.52 Å². The highest BCUT2D eigenvalue weighted by atomic mass is 16.5. The van der Waals surface area contributed by atoms with E-state index in [1.807, 2.05) is 30.5 Å². The average molecular weight is 465 g/mol. The Morgan fingerprint density at radius 2 is 2.06 bits per heavy atom. The van der Waals surface area contributed by atoms with Gasteiger partial charge in [0.15, 0.2) is 5.65 Å². The minimum Gasteiger partial charge on any atom is -0.381 e. The van der Waals surface area contributed by atoms with Crippen LogP contribution in [0.25, 0.3) is 5.65 Å². The molecule has 5 rings (SSSR count). The predicted octanol–water partition coefficient (Wildman–Crippen LogP) is 2.75. The van der Waals surface area contributed by atoms with Gasteiger partial charge < -0.3 is 26.0 Å². The van der Waals surface area contributed by atoms with Crippen LogP contribution in [0.5, 0.6) is 0 Å². The van der Waals surface area contributed by atoms with Crippen molar-refractivity contribution in [2.24, 2.45) is 0 Å². The van der Waals surface area contributed by atoms with Crippen LogP contribution >= 0.6 is 0 Å². The fourth-order valence-electron chi connectivity index (χ4n) is 4.19. The maximum atomic E-state index is 12.3. The lowest BCUT2D eigenvalue weighted by molar-refractivity contribution is -0.119. The lowest BCUT2D eigenvalue weighted by atomic mass is 10.1. The zero-order valence-electron chi connectivity index (χ0n) is 19.7. The van der Waals surface area contributed by atoms with Crippen LogP contribution in [-0.2, 0) is 16.1 Å². The van der Waals surface area contributed by atoms with E-state index in [0.29, 0.717) is 30.4 Å². The number of anilines is 3. The lowest BCUT2D eigenvalue weighted by Gasteiger charge is -2.26. The SMILES string of the molecule is CC(C)c1cnn2c(NCc3cccc(NC(=O)C4CCN4)c3)nc(NC3CCOCC3)nc12. The first kappa shape index (κ1) is 22.5. The lowest BCUT2D eigenvalue weighted by Crippen LogP contribution is -2.50. The number of nitrogens with zero attached hydrogens (tertiary/aromatic N) is 4. The van der Waals surface area contributed by atoms with Crippen LogP contribution in [0, 0.1) is 0 Å². The smallest absolute Gasteiger partial charge is 0.241 e. The summed E-state index contributed by atoms with van der Waals surface area (Å²) in [6, 6.07) is 8.05. The van der Waals surface area contributed by atoms with Gasteiger partial charge in [0.25, 0.3) is 0 Å². The molecule has 0 spiro atoms. The fourth-order valence-corrected chi connectivity index (χ4v) is 4.19. The molecule has 0 radical (unpaired) electrons. The second kappa shape index (κ2) is 9.94. The largest absolute Gasteiger partial charge is 0.381 e. The summed E-state index contributed by atoms with van der Waals surface area (Å²) in [6.07, 6.45) is 4.61. The molecular formula is C24H32N8O2. The average Bonchev–Trinajstić information content (AvgIpc) is 3.22. The zero-order chi connectivity index (χ0) is 23.5. The second-order valence-corrected chi connectivity index (χ2v) is 9.23. The van der Waals surface area contributed by atoms with Gasteiger partial charge in [0.2, 0.25) is 17.8 Å². The van der Waals surface area contributed by atoms with E-state index >= 15 is 0 Å². The molecule has 0 aliphatic carbocycles. The molecule has 1 atom stereocenters. The normalized spacial score (nSPS) is 18.6. The van der Waals surface area contributed by atoms with Crippen molar-refractivity contribution in [3.8, 4) is 0 Å². The van der Waals surface area contributed by atoms with E-state index in [0.717, 1.165) is 61.5 Å². The summed E-state index contributed by atoms with van der Waals surface area (Å²) in [4.78, 5) is 21.8. The number of rotatable bonds is 8. The topological polar surface area (TPSA) is 118 Å². The van der Waals surface area contributed by atoms with Crippen molar-refractivity contribution >= 4 is 29.1 Å². The third-order valence-electron chi connectivity index (χ3n) is 6.36. The first-order valence-corrected chi connectivity index (χ1v) is 12.0. The number of fused-ring (bicyclic) bond motifs is 1. The maximum Gasteiger partial charge on any atom is 0.241 e. The van der Waals surface area contributed by atoms with Gasteiger partial charge >= 0.3 is 0 Å². The molecule has 180 valence electrons. The summed E-state index contributed by atoms with van der Waals surface area (Å²) in [5.74, 6) is 1.52. The molecule has 4 N–H and O–H groups in total. The van der Waals surface area contributed by atoms with Crippen molar-refractivity contribution in [1.82, 2.24) is 24.9 Å². The Labute approximate surface area is 198 Å². The number of benzene rings is 1. The van der Waals surface area contributed by atoms with Crippen molar-refractivity contribution in [2.45, 2.75) is 57.7 Å². The van der Waals surface area contributed by atoms with Gasteiger partial charge in [0, 0.05) is 37.1 Å². The van der Waals surface area contributed by atoms with Gasteiger partial charge in [0.05, 0.1) is 12.2 Å². The van der Waals surface area contributed by atoms with Crippen molar-refractivity contribution < 1.29 is 9.53 Å². The van der Waals surface area contributed by atoms with Gasteiger partial charge in [-0.05, 0) is 49.4 Å². The molecule has 1 amide bonds. The van der Waals surface area contributed by atoms with Crippen LogP contribution in [0.4, 0.5) is 17.6 Å². The molecular weight excluding hydrogens is 432 g/mol. The van der Waals surface area contributed by atoms with Crippen LogP contribution in [0.2, 0.25) is 0 Å². The first-order valence-electron chi connectivity index (χ1n) is 12.0. The van der Waals surface area contributed by atoms with Crippen molar-refractivity contribution in [1.29, 1.82) is 0 Å². The molecule has 4 heterocycles. The number of carbonyl (C=O) groups is 1. The first-order chi connectivity index (χ1) is 16.6.